The molecular formula is C23H24FN5O3S. The Hall–Kier alpha value is -3.53. The zero-order valence-electron chi connectivity index (χ0n) is 18.0. The van der Waals surface area contributed by atoms with Gasteiger partial charge in [-0.15, -0.1) is 0 Å². The van der Waals surface area contributed by atoms with Crippen molar-refractivity contribution in [2.45, 2.75) is 35.8 Å². The van der Waals surface area contributed by atoms with Crippen molar-refractivity contribution < 1.29 is 17.6 Å². The van der Waals surface area contributed by atoms with Gasteiger partial charge < -0.3 is 16.4 Å². The molecule has 3 aromatic rings. The largest absolute Gasteiger partial charge is 0.384 e. The molecule has 10 heteroatoms. The highest BCUT2D eigenvalue weighted by Gasteiger charge is 2.57. The Morgan fingerprint density at radius 3 is 2.36 bits per heavy atom. The number of rotatable bonds is 7. The standard InChI is InChI=1S/C23H24FN5O3S/c1-2-13-26-22(30)27-17-7-3-15(4-8-17)21-28-19(14-20(25)29-21)23(11-12-23)33(31,32)18-9-5-16(24)6-10-18/h3-10,14H,2,11-13H2,1H3,(H2,25,28,29)(H2,26,27,30). The van der Waals surface area contributed by atoms with Crippen LogP contribution >= 0.6 is 0 Å². The third-order valence-corrected chi connectivity index (χ3v) is 8.03. The van der Waals surface area contributed by atoms with Crippen LogP contribution < -0.4 is 16.4 Å². The summed E-state index contributed by atoms with van der Waals surface area (Å²) in [5.41, 5.74) is 7.53. The Morgan fingerprint density at radius 1 is 1.09 bits per heavy atom. The molecule has 0 radical (unpaired) electrons. The summed E-state index contributed by atoms with van der Waals surface area (Å²) < 4.78 is 38.8. The number of sulfone groups is 1. The molecule has 1 saturated carbocycles. The summed E-state index contributed by atoms with van der Waals surface area (Å²) in [4.78, 5) is 20.7. The number of nitrogen functional groups attached to an aromatic ring is 1. The lowest BCUT2D eigenvalue weighted by Gasteiger charge is -2.17. The van der Waals surface area contributed by atoms with E-state index in [1.54, 1.807) is 24.3 Å². The van der Waals surface area contributed by atoms with Gasteiger partial charge in [0.2, 0.25) is 0 Å². The van der Waals surface area contributed by atoms with Gasteiger partial charge in [-0.05, 0) is 67.8 Å². The lowest BCUT2D eigenvalue weighted by atomic mass is 10.1. The number of hydrogen-bond donors (Lipinski definition) is 3. The third-order valence-electron chi connectivity index (χ3n) is 5.49. The van der Waals surface area contributed by atoms with Crippen LogP contribution in [-0.2, 0) is 14.6 Å². The van der Waals surface area contributed by atoms with Gasteiger partial charge in [0, 0.05) is 23.9 Å². The molecule has 4 N–H and O–H groups in total. The molecule has 0 aliphatic heterocycles. The smallest absolute Gasteiger partial charge is 0.319 e. The Bertz CT molecular complexity index is 1270. The summed E-state index contributed by atoms with van der Waals surface area (Å²) in [6.45, 7) is 2.54. The van der Waals surface area contributed by atoms with Gasteiger partial charge in [-0.1, -0.05) is 6.92 Å². The maximum absolute atomic E-state index is 13.3. The molecule has 4 rings (SSSR count). The fourth-order valence-corrected chi connectivity index (χ4v) is 5.53. The van der Waals surface area contributed by atoms with Gasteiger partial charge >= 0.3 is 6.03 Å². The van der Waals surface area contributed by atoms with E-state index in [9.17, 15) is 17.6 Å². The van der Waals surface area contributed by atoms with E-state index in [0.717, 1.165) is 18.6 Å². The van der Waals surface area contributed by atoms with Gasteiger partial charge in [0.15, 0.2) is 15.7 Å². The van der Waals surface area contributed by atoms with Gasteiger partial charge in [0.1, 0.15) is 16.4 Å². The fourth-order valence-electron chi connectivity index (χ4n) is 3.56. The number of nitrogens with zero attached hydrogens (tertiary/aromatic N) is 2. The number of amides is 2. The number of hydrogen-bond acceptors (Lipinski definition) is 6. The monoisotopic (exact) mass is 469 g/mol. The second-order valence-electron chi connectivity index (χ2n) is 7.91. The van der Waals surface area contributed by atoms with E-state index in [1.165, 1.54) is 18.2 Å². The average molecular weight is 470 g/mol. The Balaban J connectivity index is 1.62. The van der Waals surface area contributed by atoms with E-state index >= 15 is 0 Å². The molecule has 0 spiro atoms. The lowest BCUT2D eigenvalue weighted by molar-refractivity contribution is 0.252. The molecule has 0 atom stereocenters. The van der Waals surface area contributed by atoms with Crippen LogP contribution in [0.3, 0.4) is 0 Å². The normalized spacial score (nSPS) is 14.5. The summed E-state index contributed by atoms with van der Waals surface area (Å²) in [6, 6.07) is 12.8. The van der Waals surface area contributed by atoms with Crippen LogP contribution in [0.1, 0.15) is 31.9 Å². The molecule has 172 valence electrons. The van der Waals surface area contributed by atoms with Gasteiger partial charge in [-0.3, -0.25) is 0 Å². The zero-order chi connectivity index (χ0) is 23.6. The molecule has 1 aliphatic carbocycles. The van der Waals surface area contributed by atoms with E-state index in [-0.39, 0.29) is 22.6 Å². The summed E-state index contributed by atoms with van der Waals surface area (Å²) in [5, 5.41) is 5.46. The minimum absolute atomic E-state index is 0.0388. The van der Waals surface area contributed by atoms with Gasteiger partial charge in [0.05, 0.1) is 10.6 Å². The molecule has 2 aromatic carbocycles. The molecule has 1 aliphatic rings. The number of aromatic nitrogens is 2. The van der Waals surface area contributed by atoms with Crippen LogP contribution in [0.15, 0.2) is 59.5 Å². The van der Waals surface area contributed by atoms with Crippen molar-refractivity contribution in [2.24, 2.45) is 0 Å². The number of anilines is 2. The second kappa shape index (κ2) is 8.78. The molecule has 2 amide bonds. The maximum Gasteiger partial charge on any atom is 0.319 e. The number of carbonyl (C=O) groups is 1. The molecule has 0 bridgehead atoms. The van der Waals surface area contributed by atoms with Crippen LogP contribution in [0.5, 0.6) is 0 Å². The summed E-state index contributed by atoms with van der Waals surface area (Å²) in [5.74, 6) is -0.0718. The van der Waals surface area contributed by atoms with Crippen LogP contribution in [0, 0.1) is 5.82 Å². The van der Waals surface area contributed by atoms with E-state index < -0.39 is 20.4 Å². The topological polar surface area (TPSA) is 127 Å². The van der Waals surface area contributed by atoms with Gasteiger partial charge in [-0.25, -0.2) is 27.6 Å². The summed E-state index contributed by atoms with van der Waals surface area (Å²) in [6.07, 6.45) is 1.61. The quantitative estimate of drug-likeness (QED) is 0.451. The minimum atomic E-state index is -3.81. The Labute approximate surface area is 191 Å². The molecule has 1 fully saturated rings. The first-order valence-corrected chi connectivity index (χ1v) is 12.0. The van der Waals surface area contributed by atoms with Crippen molar-refractivity contribution in [1.82, 2.24) is 15.3 Å². The molecule has 0 saturated heterocycles. The minimum Gasteiger partial charge on any atom is -0.384 e. The van der Waals surface area contributed by atoms with Crippen molar-refractivity contribution in [2.75, 3.05) is 17.6 Å². The van der Waals surface area contributed by atoms with Crippen LogP contribution in [0.25, 0.3) is 11.4 Å². The predicted molar refractivity (Wildman–Crippen MR) is 124 cm³/mol. The molecule has 1 aromatic heterocycles. The molecule has 33 heavy (non-hydrogen) atoms. The van der Waals surface area contributed by atoms with Crippen LogP contribution in [0.4, 0.5) is 20.7 Å². The number of carbonyl (C=O) groups excluding carboxylic acids is 1. The van der Waals surface area contributed by atoms with E-state index in [2.05, 4.69) is 20.6 Å². The van der Waals surface area contributed by atoms with Gasteiger partial charge in [-0.2, -0.15) is 0 Å². The van der Waals surface area contributed by atoms with E-state index in [4.69, 9.17) is 5.73 Å². The highest BCUT2D eigenvalue weighted by atomic mass is 32.2. The van der Waals surface area contributed by atoms with Crippen LogP contribution in [0.2, 0.25) is 0 Å². The molecule has 1 heterocycles. The Morgan fingerprint density at radius 2 is 1.76 bits per heavy atom. The third kappa shape index (κ3) is 4.51. The molecule has 0 unspecified atom stereocenters. The highest BCUT2D eigenvalue weighted by molar-refractivity contribution is 7.92. The predicted octanol–water partition coefficient (Wildman–Crippen LogP) is 3.86. The number of nitrogens with two attached hydrogens (primary N) is 1. The van der Waals surface area contributed by atoms with Crippen LogP contribution in [-0.4, -0.2) is 31.0 Å². The number of nitrogens with one attached hydrogen (secondary N) is 2. The molecular weight excluding hydrogens is 445 g/mol. The van der Waals surface area contributed by atoms with Crippen molar-refractivity contribution in [1.29, 1.82) is 0 Å². The van der Waals surface area contributed by atoms with E-state index in [0.29, 0.717) is 36.3 Å². The first kappa shape index (κ1) is 22.7. The highest BCUT2D eigenvalue weighted by Crippen LogP contribution is 2.54. The molecule has 8 nitrogen and oxygen atoms in total. The number of halogens is 1. The SMILES string of the molecule is CCCNC(=O)Nc1ccc(-c2nc(N)cc(C3(S(=O)(=O)c4ccc(F)cc4)CC3)n2)cc1. The van der Waals surface area contributed by atoms with Crippen molar-refractivity contribution in [3.8, 4) is 11.4 Å². The summed E-state index contributed by atoms with van der Waals surface area (Å²) in [7, 11) is -3.81. The van der Waals surface area contributed by atoms with Gasteiger partial charge in [0.25, 0.3) is 0 Å². The van der Waals surface area contributed by atoms with E-state index in [1.807, 2.05) is 6.92 Å². The van der Waals surface area contributed by atoms with Crippen molar-refractivity contribution in [3.63, 3.8) is 0 Å². The zero-order valence-corrected chi connectivity index (χ0v) is 18.8. The maximum atomic E-state index is 13.3. The second-order valence-corrected chi connectivity index (χ2v) is 10.2. The Kier molecular flexibility index (Phi) is 6.03. The number of urea groups is 1. The van der Waals surface area contributed by atoms with Crippen molar-refractivity contribution in [3.05, 3.63) is 66.1 Å². The summed E-state index contributed by atoms with van der Waals surface area (Å²) >= 11 is 0. The first-order valence-electron chi connectivity index (χ1n) is 10.6. The average Bonchev–Trinajstić information content (AvgIpc) is 3.61. The number of benzene rings is 2. The lowest BCUT2D eigenvalue weighted by Crippen LogP contribution is -2.29. The fraction of sp³-hybridized carbons (Fsp3) is 0.261. The first-order chi connectivity index (χ1) is 15.7. The van der Waals surface area contributed by atoms with Crippen molar-refractivity contribution >= 4 is 27.4 Å².